The van der Waals surface area contributed by atoms with E-state index in [1.165, 1.54) is 30.4 Å². The van der Waals surface area contributed by atoms with Gasteiger partial charge in [-0.2, -0.15) is 0 Å². The highest BCUT2D eigenvalue weighted by Crippen LogP contribution is 2.43. The molecule has 0 aromatic heterocycles. The number of benzene rings is 1. The normalized spacial score (nSPS) is 16.8. The van der Waals surface area contributed by atoms with Crippen LogP contribution in [0.15, 0.2) is 24.3 Å². The van der Waals surface area contributed by atoms with Gasteiger partial charge in [-0.25, -0.2) is 0 Å². The van der Waals surface area contributed by atoms with Crippen molar-refractivity contribution in [3.8, 4) is 5.75 Å². The van der Waals surface area contributed by atoms with Crippen LogP contribution >= 0.6 is 23.5 Å². The highest BCUT2D eigenvalue weighted by molar-refractivity contribution is 8.16. The van der Waals surface area contributed by atoms with Crippen LogP contribution in [0.4, 0.5) is 0 Å². The molecule has 1 aliphatic rings. The maximum Gasteiger partial charge on any atom is 0.258 e. The van der Waals surface area contributed by atoms with E-state index in [-0.39, 0.29) is 12.5 Å². The summed E-state index contributed by atoms with van der Waals surface area (Å²) >= 11 is 3.93. The molecule has 3 N–H and O–H groups in total. The second kappa shape index (κ2) is 8.33. The fourth-order valence-corrected chi connectivity index (χ4v) is 4.80. The molecule has 0 aliphatic carbocycles. The molecular formula is C15H20N2O3S2. The summed E-state index contributed by atoms with van der Waals surface area (Å²) in [6.45, 7) is 1.40. The lowest BCUT2D eigenvalue weighted by Gasteiger charge is -2.21. The van der Waals surface area contributed by atoms with Gasteiger partial charge in [-0.05, 0) is 42.5 Å². The van der Waals surface area contributed by atoms with Gasteiger partial charge in [0, 0.05) is 0 Å². The second-order valence-corrected chi connectivity index (χ2v) is 7.70. The van der Waals surface area contributed by atoms with Crippen LogP contribution in [-0.2, 0) is 9.59 Å². The van der Waals surface area contributed by atoms with E-state index in [2.05, 4.69) is 5.32 Å². The predicted octanol–water partition coefficient (Wildman–Crippen LogP) is 1.92. The van der Waals surface area contributed by atoms with E-state index < -0.39 is 11.9 Å². The van der Waals surface area contributed by atoms with E-state index >= 15 is 0 Å². The predicted molar refractivity (Wildman–Crippen MR) is 91.0 cm³/mol. The first-order valence-electron chi connectivity index (χ1n) is 7.11. The van der Waals surface area contributed by atoms with Gasteiger partial charge in [0.05, 0.1) is 4.58 Å². The highest BCUT2D eigenvalue weighted by Gasteiger charge is 2.16. The molecular weight excluding hydrogens is 320 g/mol. The Morgan fingerprint density at radius 3 is 2.55 bits per heavy atom. The van der Waals surface area contributed by atoms with Gasteiger partial charge in [0.25, 0.3) is 5.91 Å². The molecule has 120 valence electrons. The van der Waals surface area contributed by atoms with E-state index in [0.717, 1.165) is 0 Å². The summed E-state index contributed by atoms with van der Waals surface area (Å²) in [5, 5.41) is 2.47. The number of amides is 2. The van der Waals surface area contributed by atoms with Crippen molar-refractivity contribution >= 4 is 35.3 Å². The van der Waals surface area contributed by atoms with Crippen LogP contribution in [-0.4, -0.2) is 36.0 Å². The van der Waals surface area contributed by atoms with Crippen LogP contribution in [0, 0.1) is 0 Å². The van der Waals surface area contributed by atoms with Crippen molar-refractivity contribution in [2.75, 3.05) is 18.1 Å². The monoisotopic (exact) mass is 340 g/mol. The quantitative estimate of drug-likeness (QED) is 0.827. The van der Waals surface area contributed by atoms with Crippen molar-refractivity contribution < 1.29 is 14.3 Å². The molecule has 1 aromatic rings. The van der Waals surface area contributed by atoms with E-state index in [4.69, 9.17) is 10.5 Å². The number of nitrogens with one attached hydrogen (secondary N) is 1. The third-order valence-electron chi connectivity index (χ3n) is 3.15. The summed E-state index contributed by atoms with van der Waals surface area (Å²) in [7, 11) is 0. The average Bonchev–Trinajstić information content (AvgIpc) is 2.54. The van der Waals surface area contributed by atoms with E-state index in [1.54, 1.807) is 0 Å². The Morgan fingerprint density at radius 1 is 1.32 bits per heavy atom. The molecule has 1 saturated heterocycles. The smallest absolute Gasteiger partial charge is 0.258 e. The van der Waals surface area contributed by atoms with Gasteiger partial charge in [0.2, 0.25) is 5.91 Å². The van der Waals surface area contributed by atoms with Gasteiger partial charge in [-0.3, -0.25) is 9.59 Å². The molecule has 7 heteroatoms. The number of carbonyl (C=O) groups is 2. The van der Waals surface area contributed by atoms with Gasteiger partial charge in [-0.15, -0.1) is 23.5 Å². The Kier molecular flexibility index (Phi) is 6.45. The second-order valence-electron chi connectivity index (χ2n) is 4.98. The molecule has 1 aliphatic heterocycles. The molecule has 0 spiro atoms. The van der Waals surface area contributed by atoms with Crippen molar-refractivity contribution in [3.05, 3.63) is 29.8 Å². The molecule has 5 nitrogen and oxygen atoms in total. The Bertz CT molecular complexity index is 516. The first-order chi connectivity index (χ1) is 10.6. The van der Waals surface area contributed by atoms with Gasteiger partial charge in [0.15, 0.2) is 6.61 Å². The Balaban J connectivity index is 1.81. The maximum absolute atomic E-state index is 11.6. The fourth-order valence-electron chi connectivity index (χ4n) is 1.90. The average molecular weight is 340 g/mol. The standard InChI is InChI=1S/C15H20N2O3S2/c1-10(14(16)19)17-13(18)9-20-12-5-3-11(4-6-12)15-21-7-2-8-22-15/h3-6,10,15H,2,7-9H2,1H3,(H2,16,19)(H,17,18)/t10-/m0/s1. The minimum Gasteiger partial charge on any atom is -0.484 e. The zero-order chi connectivity index (χ0) is 15.9. The third kappa shape index (κ3) is 5.14. The van der Waals surface area contributed by atoms with Crippen molar-refractivity contribution in [1.82, 2.24) is 5.32 Å². The first-order valence-corrected chi connectivity index (χ1v) is 9.20. The van der Waals surface area contributed by atoms with Gasteiger partial charge in [-0.1, -0.05) is 12.1 Å². The summed E-state index contributed by atoms with van der Waals surface area (Å²) in [4.78, 5) is 22.5. The van der Waals surface area contributed by atoms with Crippen molar-refractivity contribution in [1.29, 1.82) is 0 Å². The SMILES string of the molecule is C[C@H](NC(=O)COc1ccc(C2SCCCS2)cc1)C(N)=O. The van der Waals surface area contributed by atoms with Gasteiger partial charge < -0.3 is 15.8 Å². The van der Waals surface area contributed by atoms with Crippen LogP contribution in [0.3, 0.4) is 0 Å². The third-order valence-corrected chi connectivity index (χ3v) is 6.17. The van der Waals surface area contributed by atoms with E-state index in [0.29, 0.717) is 10.3 Å². The molecule has 0 unspecified atom stereocenters. The molecule has 1 atom stereocenters. The molecule has 0 radical (unpaired) electrons. The van der Waals surface area contributed by atoms with Crippen molar-refractivity contribution in [2.24, 2.45) is 5.73 Å². The molecule has 0 bridgehead atoms. The Labute approximate surface area is 138 Å². The zero-order valence-corrected chi connectivity index (χ0v) is 14.0. The number of hydrogen-bond acceptors (Lipinski definition) is 5. The van der Waals surface area contributed by atoms with E-state index in [1.807, 2.05) is 47.8 Å². The Morgan fingerprint density at radius 2 is 1.95 bits per heavy atom. The van der Waals surface area contributed by atoms with Gasteiger partial charge in [0.1, 0.15) is 11.8 Å². The molecule has 1 fully saturated rings. The minimum atomic E-state index is -0.696. The lowest BCUT2D eigenvalue weighted by Crippen LogP contribution is -2.44. The molecule has 0 saturated carbocycles. The molecule has 1 heterocycles. The van der Waals surface area contributed by atoms with Crippen LogP contribution in [0.1, 0.15) is 23.5 Å². The molecule has 2 amide bonds. The summed E-state index contributed by atoms with van der Waals surface area (Å²) in [5.41, 5.74) is 6.35. The largest absolute Gasteiger partial charge is 0.484 e. The van der Waals surface area contributed by atoms with Crippen LogP contribution in [0.2, 0.25) is 0 Å². The molecule has 22 heavy (non-hydrogen) atoms. The first kappa shape index (κ1) is 17.0. The summed E-state index contributed by atoms with van der Waals surface area (Å²) in [6.07, 6.45) is 1.27. The summed E-state index contributed by atoms with van der Waals surface area (Å²) < 4.78 is 5.90. The molecule has 2 rings (SSSR count). The number of nitrogens with two attached hydrogens (primary N) is 1. The number of rotatable bonds is 6. The lowest BCUT2D eigenvalue weighted by atomic mass is 10.2. The topological polar surface area (TPSA) is 81.4 Å². The van der Waals surface area contributed by atoms with E-state index in [9.17, 15) is 9.59 Å². The number of primary amides is 1. The number of thioether (sulfide) groups is 2. The van der Waals surface area contributed by atoms with Crippen LogP contribution in [0.25, 0.3) is 0 Å². The summed E-state index contributed by atoms with van der Waals surface area (Å²) in [6, 6.07) is 7.12. The fraction of sp³-hybridized carbons (Fsp3) is 0.467. The molecule has 1 aromatic carbocycles. The number of carbonyl (C=O) groups excluding carboxylic acids is 2. The maximum atomic E-state index is 11.6. The Hall–Kier alpha value is -1.34. The van der Waals surface area contributed by atoms with Crippen LogP contribution < -0.4 is 15.8 Å². The summed E-state index contributed by atoms with van der Waals surface area (Å²) in [5.74, 6) is 2.10. The van der Waals surface area contributed by atoms with Crippen molar-refractivity contribution in [2.45, 2.75) is 24.0 Å². The lowest BCUT2D eigenvalue weighted by molar-refractivity contribution is -0.128. The highest BCUT2D eigenvalue weighted by atomic mass is 32.2. The number of hydrogen-bond donors (Lipinski definition) is 2. The minimum absolute atomic E-state index is 0.135. The van der Waals surface area contributed by atoms with Crippen LogP contribution in [0.5, 0.6) is 5.75 Å². The number of ether oxygens (including phenoxy) is 1. The zero-order valence-electron chi connectivity index (χ0n) is 12.4. The van der Waals surface area contributed by atoms with Gasteiger partial charge >= 0.3 is 0 Å². The van der Waals surface area contributed by atoms with Crippen molar-refractivity contribution in [3.63, 3.8) is 0 Å².